The van der Waals surface area contributed by atoms with E-state index < -0.39 is 0 Å². The van der Waals surface area contributed by atoms with Crippen LogP contribution in [0.25, 0.3) is 134 Å². The Morgan fingerprint density at radius 2 is 0.635 bits per heavy atom. The Labute approximate surface area is 428 Å². The van der Waals surface area contributed by atoms with Gasteiger partial charge in [0.1, 0.15) is 0 Å². The molecule has 14 rings (SSSR count). The van der Waals surface area contributed by atoms with Crippen LogP contribution in [0.3, 0.4) is 0 Å². The van der Waals surface area contributed by atoms with Gasteiger partial charge in [-0.1, -0.05) is 212 Å². The van der Waals surface area contributed by atoms with Crippen LogP contribution in [-0.2, 0) is 0 Å². The molecule has 0 N–H and O–H groups in total. The SMILES string of the molecule is c1ccc(-c2cc(-c3ccccc3)cc(-c3nc(-c4ccccc4)nc(-c4cc(-c5ccccc5)c(-n5c6ccccc6c6c5ccc5c7ccccc7n(-c7ccccc7)c56)c(-c5ccccc5)c4)n3)c2)cc1. The van der Waals surface area contributed by atoms with Crippen molar-refractivity contribution in [2.45, 2.75) is 0 Å². The zero-order valence-corrected chi connectivity index (χ0v) is 40.2. The van der Waals surface area contributed by atoms with Gasteiger partial charge in [0.25, 0.3) is 0 Å². The summed E-state index contributed by atoms with van der Waals surface area (Å²) in [7, 11) is 0. The number of hydrogen-bond donors (Lipinski definition) is 0. The molecule has 11 aromatic carbocycles. The lowest BCUT2D eigenvalue weighted by Crippen LogP contribution is -2.04. The van der Waals surface area contributed by atoms with E-state index >= 15 is 0 Å². The van der Waals surface area contributed by atoms with E-state index in [1.54, 1.807) is 0 Å². The van der Waals surface area contributed by atoms with Crippen molar-refractivity contribution in [1.29, 1.82) is 0 Å². The standard InChI is InChI=1S/C69H45N5/c1-7-23-46(24-8-1)51-41-52(47-25-9-2-10-26-47)43-53(42-51)68-70-67(50-31-15-5-16-32-50)71-69(72-68)54-44-59(48-27-11-3-12-28-48)65(60(45-54)49-29-13-4-14-30-49)74-62-38-22-20-36-58(62)64-63(74)40-39-57-56-35-19-21-37-61(56)73(66(57)64)55-33-17-6-18-34-55/h1-45H. The lowest BCUT2D eigenvalue weighted by Gasteiger charge is -2.21. The fourth-order valence-corrected chi connectivity index (χ4v) is 11.0. The van der Waals surface area contributed by atoms with Crippen LogP contribution >= 0.6 is 0 Å². The van der Waals surface area contributed by atoms with E-state index in [2.05, 4.69) is 264 Å². The topological polar surface area (TPSA) is 48.5 Å². The molecule has 3 aromatic heterocycles. The molecular formula is C69H45N5. The molecule has 14 aromatic rings. The molecule has 0 unspecified atom stereocenters. The fraction of sp³-hybridized carbons (Fsp3) is 0. The maximum atomic E-state index is 5.49. The Morgan fingerprint density at radius 1 is 0.243 bits per heavy atom. The van der Waals surface area contributed by atoms with Gasteiger partial charge in [0.2, 0.25) is 0 Å². The molecule has 0 bridgehead atoms. The van der Waals surface area contributed by atoms with Gasteiger partial charge in [-0.05, 0) is 94.0 Å². The minimum absolute atomic E-state index is 0.581. The molecule has 0 aliphatic heterocycles. The Bertz CT molecular complexity index is 4260. The largest absolute Gasteiger partial charge is 0.309 e. The number of rotatable bonds is 9. The van der Waals surface area contributed by atoms with E-state index in [1.165, 1.54) is 32.6 Å². The van der Waals surface area contributed by atoms with Gasteiger partial charge < -0.3 is 9.13 Å². The highest BCUT2D eigenvalue weighted by Crippen LogP contribution is 2.47. The maximum absolute atomic E-state index is 5.49. The third-order valence-electron chi connectivity index (χ3n) is 14.3. The van der Waals surface area contributed by atoms with Crippen molar-refractivity contribution >= 4 is 43.6 Å². The molecule has 0 saturated heterocycles. The molecule has 5 nitrogen and oxygen atoms in total. The summed E-state index contributed by atoms with van der Waals surface area (Å²) in [5.41, 5.74) is 18.1. The van der Waals surface area contributed by atoms with E-state index in [9.17, 15) is 0 Å². The molecule has 0 aliphatic carbocycles. The van der Waals surface area contributed by atoms with Crippen molar-refractivity contribution in [3.63, 3.8) is 0 Å². The molecule has 0 radical (unpaired) electrons. The van der Waals surface area contributed by atoms with Crippen LogP contribution in [0.5, 0.6) is 0 Å². The summed E-state index contributed by atoms with van der Waals surface area (Å²) < 4.78 is 4.95. The molecule has 0 spiro atoms. The quantitative estimate of drug-likeness (QED) is 0.145. The number of benzene rings is 11. The normalized spacial score (nSPS) is 11.5. The third-order valence-corrected chi connectivity index (χ3v) is 14.3. The summed E-state index contributed by atoms with van der Waals surface area (Å²) in [5, 5.41) is 4.81. The predicted molar refractivity (Wildman–Crippen MR) is 307 cm³/mol. The summed E-state index contributed by atoms with van der Waals surface area (Å²) >= 11 is 0. The molecule has 0 aliphatic rings. The smallest absolute Gasteiger partial charge is 0.164 e. The predicted octanol–water partition coefficient (Wildman–Crippen LogP) is 17.7. The second-order valence-electron chi connectivity index (χ2n) is 18.8. The first-order valence-electron chi connectivity index (χ1n) is 25.1. The fourth-order valence-electron chi connectivity index (χ4n) is 11.0. The number of nitrogens with zero attached hydrogens (tertiary/aromatic N) is 5. The van der Waals surface area contributed by atoms with Gasteiger partial charge in [-0.15, -0.1) is 0 Å². The van der Waals surface area contributed by atoms with Crippen LogP contribution in [0.15, 0.2) is 273 Å². The van der Waals surface area contributed by atoms with Gasteiger partial charge in [0.15, 0.2) is 17.5 Å². The first kappa shape index (κ1) is 42.9. The number of fused-ring (bicyclic) bond motifs is 7. The molecule has 74 heavy (non-hydrogen) atoms. The van der Waals surface area contributed by atoms with Crippen molar-refractivity contribution in [3.05, 3.63) is 273 Å². The average molecular weight is 944 g/mol. The number of hydrogen-bond acceptors (Lipinski definition) is 3. The molecule has 5 heteroatoms. The van der Waals surface area contributed by atoms with Gasteiger partial charge in [-0.2, -0.15) is 0 Å². The van der Waals surface area contributed by atoms with Gasteiger partial charge in [-0.3, -0.25) is 0 Å². The molecule has 0 fully saturated rings. The van der Waals surface area contributed by atoms with E-state index in [0.717, 1.165) is 83.6 Å². The first-order chi connectivity index (χ1) is 36.7. The van der Waals surface area contributed by atoms with Crippen molar-refractivity contribution in [2.75, 3.05) is 0 Å². The maximum Gasteiger partial charge on any atom is 0.164 e. The van der Waals surface area contributed by atoms with Crippen molar-refractivity contribution in [1.82, 2.24) is 24.1 Å². The number of aromatic nitrogens is 5. The summed E-state index contributed by atoms with van der Waals surface area (Å²) in [6, 6.07) is 97.2. The molecule has 0 amide bonds. The third kappa shape index (κ3) is 7.37. The van der Waals surface area contributed by atoms with Crippen molar-refractivity contribution < 1.29 is 0 Å². The van der Waals surface area contributed by atoms with Crippen LogP contribution in [0.2, 0.25) is 0 Å². The van der Waals surface area contributed by atoms with Crippen molar-refractivity contribution in [2.24, 2.45) is 0 Å². The Balaban J connectivity index is 1.08. The molecule has 346 valence electrons. The lowest BCUT2D eigenvalue weighted by molar-refractivity contribution is 1.07. The Hall–Kier alpha value is -9.97. The zero-order chi connectivity index (χ0) is 49.0. The van der Waals surface area contributed by atoms with Crippen LogP contribution < -0.4 is 0 Å². The summed E-state index contributed by atoms with van der Waals surface area (Å²) in [6.45, 7) is 0. The molecular weight excluding hydrogens is 899 g/mol. The van der Waals surface area contributed by atoms with Gasteiger partial charge in [0.05, 0.1) is 27.8 Å². The summed E-state index contributed by atoms with van der Waals surface area (Å²) in [5.74, 6) is 1.77. The van der Waals surface area contributed by atoms with E-state index in [-0.39, 0.29) is 0 Å². The highest BCUT2D eigenvalue weighted by Gasteiger charge is 2.26. The minimum atomic E-state index is 0.581. The second kappa shape index (κ2) is 18.0. The van der Waals surface area contributed by atoms with Crippen LogP contribution in [0.1, 0.15) is 0 Å². The Kier molecular flexibility index (Phi) is 10.4. The van der Waals surface area contributed by atoms with E-state index in [4.69, 9.17) is 15.0 Å². The van der Waals surface area contributed by atoms with Crippen LogP contribution in [0, 0.1) is 0 Å². The van der Waals surface area contributed by atoms with Crippen LogP contribution in [-0.4, -0.2) is 24.1 Å². The van der Waals surface area contributed by atoms with Gasteiger partial charge >= 0.3 is 0 Å². The summed E-state index contributed by atoms with van der Waals surface area (Å²) in [4.78, 5) is 16.2. The highest BCUT2D eigenvalue weighted by atomic mass is 15.0. The molecule has 0 saturated carbocycles. The van der Waals surface area contributed by atoms with Gasteiger partial charge in [-0.25, -0.2) is 15.0 Å². The minimum Gasteiger partial charge on any atom is -0.309 e. The monoisotopic (exact) mass is 943 g/mol. The van der Waals surface area contributed by atoms with Crippen LogP contribution in [0.4, 0.5) is 0 Å². The highest BCUT2D eigenvalue weighted by molar-refractivity contribution is 6.26. The van der Waals surface area contributed by atoms with Gasteiger partial charge in [0, 0.05) is 55.0 Å². The number of para-hydroxylation sites is 3. The lowest BCUT2D eigenvalue weighted by atomic mass is 9.92. The summed E-state index contributed by atoms with van der Waals surface area (Å²) in [6.07, 6.45) is 0. The first-order valence-corrected chi connectivity index (χ1v) is 25.1. The van der Waals surface area contributed by atoms with Crippen molar-refractivity contribution in [3.8, 4) is 90.0 Å². The Morgan fingerprint density at radius 3 is 1.16 bits per heavy atom. The molecule has 3 heterocycles. The zero-order valence-electron chi connectivity index (χ0n) is 40.2. The second-order valence-corrected chi connectivity index (χ2v) is 18.8. The molecule has 0 atom stereocenters. The van der Waals surface area contributed by atoms with E-state index in [0.29, 0.717) is 17.5 Å². The average Bonchev–Trinajstić information content (AvgIpc) is 4.07. The van der Waals surface area contributed by atoms with E-state index in [1.807, 2.05) is 18.2 Å².